The van der Waals surface area contributed by atoms with E-state index in [1.807, 2.05) is 30.3 Å². The van der Waals surface area contributed by atoms with Gasteiger partial charge in [0.05, 0.1) is 0 Å². The van der Waals surface area contributed by atoms with Gasteiger partial charge in [-0.1, -0.05) is 30.3 Å². The zero-order valence-corrected chi connectivity index (χ0v) is 11.0. The van der Waals surface area contributed by atoms with Crippen LogP contribution in [0.5, 0.6) is 0 Å². The molecule has 1 aromatic carbocycles. The van der Waals surface area contributed by atoms with Gasteiger partial charge in [0, 0.05) is 25.7 Å². The fourth-order valence-electron chi connectivity index (χ4n) is 2.16. The maximum absolute atomic E-state index is 11.5. The van der Waals surface area contributed by atoms with E-state index in [4.69, 9.17) is 10.5 Å². The third kappa shape index (κ3) is 4.89. The Balaban J connectivity index is 1.57. The second-order valence-corrected chi connectivity index (χ2v) is 4.84. The first-order chi connectivity index (χ1) is 9.24. The molecular formula is C14H21N3O2. The summed E-state index contributed by atoms with van der Waals surface area (Å²) in [5.74, 6) is 0. The van der Waals surface area contributed by atoms with Gasteiger partial charge in [-0.3, -0.25) is 4.90 Å². The number of hydrogen-bond acceptors (Lipinski definition) is 4. The smallest absolute Gasteiger partial charge is 0.407 e. The molecule has 1 heterocycles. The fourth-order valence-corrected chi connectivity index (χ4v) is 2.16. The van der Waals surface area contributed by atoms with E-state index in [9.17, 15) is 4.79 Å². The van der Waals surface area contributed by atoms with Gasteiger partial charge >= 0.3 is 6.09 Å². The van der Waals surface area contributed by atoms with Gasteiger partial charge in [-0.2, -0.15) is 0 Å². The summed E-state index contributed by atoms with van der Waals surface area (Å²) in [7, 11) is 0. The summed E-state index contributed by atoms with van der Waals surface area (Å²) in [4.78, 5) is 13.7. The van der Waals surface area contributed by atoms with Crippen LogP contribution in [0.4, 0.5) is 4.79 Å². The van der Waals surface area contributed by atoms with E-state index >= 15 is 0 Å². The van der Waals surface area contributed by atoms with Crippen LogP contribution in [0.25, 0.3) is 0 Å². The summed E-state index contributed by atoms with van der Waals surface area (Å²) in [6, 6.07) is 9.92. The lowest BCUT2D eigenvalue weighted by Gasteiger charge is -2.15. The molecule has 1 saturated heterocycles. The zero-order valence-electron chi connectivity index (χ0n) is 11.0. The Kier molecular flexibility index (Phi) is 5.18. The van der Waals surface area contributed by atoms with Gasteiger partial charge in [-0.05, 0) is 18.5 Å². The Morgan fingerprint density at radius 1 is 1.42 bits per heavy atom. The standard InChI is InChI=1S/C14H21N3O2/c15-13-6-8-17(10-13)9-7-16-14(18)19-11-12-4-2-1-3-5-12/h1-5,13H,6-11,15H2,(H,16,18). The Morgan fingerprint density at radius 2 is 2.21 bits per heavy atom. The van der Waals surface area contributed by atoms with Crippen LogP contribution in [-0.4, -0.2) is 43.2 Å². The normalized spacial score (nSPS) is 19.3. The summed E-state index contributed by atoms with van der Waals surface area (Å²) in [6.07, 6.45) is 0.672. The molecule has 1 atom stereocenters. The predicted molar refractivity (Wildman–Crippen MR) is 73.7 cm³/mol. The van der Waals surface area contributed by atoms with Gasteiger partial charge in [0.1, 0.15) is 6.61 Å². The van der Waals surface area contributed by atoms with E-state index in [0.29, 0.717) is 13.2 Å². The Labute approximate surface area is 113 Å². The number of likely N-dealkylation sites (tertiary alicyclic amines) is 1. The van der Waals surface area contributed by atoms with Crippen LogP contribution < -0.4 is 11.1 Å². The van der Waals surface area contributed by atoms with Gasteiger partial charge < -0.3 is 15.8 Å². The number of hydrogen-bond donors (Lipinski definition) is 2. The van der Waals surface area contributed by atoms with Crippen molar-refractivity contribution in [3.63, 3.8) is 0 Å². The van der Waals surface area contributed by atoms with Crippen LogP contribution in [0.1, 0.15) is 12.0 Å². The summed E-state index contributed by atoms with van der Waals surface area (Å²) in [6.45, 7) is 3.67. The van der Waals surface area contributed by atoms with Crippen molar-refractivity contribution in [2.24, 2.45) is 5.73 Å². The number of nitrogens with zero attached hydrogens (tertiary/aromatic N) is 1. The molecule has 1 amide bonds. The number of alkyl carbamates (subject to hydrolysis) is 1. The molecule has 0 aliphatic carbocycles. The van der Waals surface area contributed by atoms with Gasteiger partial charge in [0.25, 0.3) is 0 Å². The summed E-state index contributed by atoms with van der Waals surface area (Å²) < 4.78 is 5.12. The number of carbonyl (C=O) groups excluding carboxylic acids is 1. The molecule has 0 bridgehead atoms. The molecule has 1 fully saturated rings. The maximum atomic E-state index is 11.5. The van der Waals surface area contributed by atoms with E-state index in [1.165, 1.54) is 0 Å². The fraction of sp³-hybridized carbons (Fsp3) is 0.500. The first kappa shape index (κ1) is 13.8. The molecule has 2 rings (SSSR count). The molecule has 5 nitrogen and oxygen atoms in total. The lowest BCUT2D eigenvalue weighted by atomic mass is 10.2. The third-order valence-corrected chi connectivity index (χ3v) is 3.22. The highest BCUT2D eigenvalue weighted by Gasteiger charge is 2.18. The predicted octanol–water partition coefficient (Wildman–Crippen LogP) is 0.946. The van der Waals surface area contributed by atoms with Crippen LogP contribution in [0.2, 0.25) is 0 Å². The quantitative estimate of drug-likeness (QED) is 0.830. The number of nitrogens with one attached hydrogen (secondary N) is 1. The van der Waals surface area contributed by atoms with Gasteiger partial charge in [-0.25, -0.2) is 4.79 Å². The molecule has 104 valence electrons. The van der Waals surface area contributed by atoms with Crippen LogP contribution >= 0.6 is 0 Å². The van der Waals surface area contributed by atoms with Crippen molar-refractivity contribution < 1.29 is 9.53 Å². The van der Waals surface area contributed by atoms with Crippen molar-refractivity contribution in [2.45, 2.75) is 19.1 Å². The van der Waals surface area contributed by atoms with E-state index in [-0.39, 0.29) is 12.1 Å². The SMILES string of the molecule is NC1CCN(CCNC(=O)OCc2ccccc2)C1. The van der Waals surface area contributed by atoms with Crippen molar-refractivity contribution in [3.8, 4) is 0 Å². The molecular weight excluding hydrogens is 242 g/mol. The van der Waals surface area contributed by atoms with Crippen molar-refractivity contribution >= 4 is 6.09 Å². The van der Waals surface area contributed by atoms with Crippen molar-refractivity contribution in [3.05, 3.63) is 35.9 Å². The first-order valence-corrected chi connectivity index (χ1v) is 6.66. The summed E-state index contributed by atoms with van der Waals surface area (Å²) >= 11 is 0. The Morgan fingerprint density at radius 3 is 2.89 bits per heavy atom. The molecule has 0 radical (unpaired) electrons. The van der Waals surface area contributed by atoms with Crippen LogP contribution in [0.3, 0.4) is 0 Å². The molecule has 1 unspecified atom stereocenters. The van der Waals surface area contributed by atoms with E-state index in [1.54, 1.807) is 0 Å². The van der Waals surface area contributed by atoms with Gasteiger partial charge in [-0.15, -0.1) is 0 Å². The Hall–Kier alpha value is -1.59. The monoisotopic (exact) mass is 263 g/mol. The van der Waals surface area contributed by atoms with E-state index in [2.05, 4.69) is 10.2 Å². The second-order valence-electron chi connectivity index (χ2n) is 4.84. The molecule has 1 aliphatic rings. The molecule has 5 heteroatoms. The van der Waals surface area contributed by atoms with Crippen molar-refractivity contribution in [1.82, 2.24) is 10.2 Å². The number of carbonyl (C=O) groups is 1. The number of benzene rings is 1. The number of amides is 1. The minimum atomic E-state index is -0.368. The van der Waals surface area contributed by atoms with Gasteiger partial charge in [0.15, 0.2) is 0 Å². The molecule has 0 aromatic heterocycles. The van der Waals surface area contributed by atoms with Crippen LogP contribution in [0.15, 0.2) is 30.3 Å². The van der Waals surface area contributed by atoms with Gasteiger partial charge in [0.2, 0.25) is 0 Å². The number of nitrogens with two attached hydrogens (primary N) is 1. The third-order valence-electron chi connectivity index (χ3n) is 3.22. The minimum absolute atomic E-state index is 0.282. The zero-order chi connectivity index (χ0) is 13.5. The molecule has 1 aromatic rings. The van der Waals surface area contributed by atoms with Crippen LogP contribution in [0, 0.1) is 0 Å². The van der Waals surface area contributed by atoms with Crippen molar-refractivity contribution in [2.75, 3.05) is 26.2 Å². The second kappa shape index (κ2) is 7.11. The highest BCUT2D eigenvalue weighted by molar-refractivity contribution is 5.67. The van der Waals surface area contributed by atoms with E-state index < -0.39 is 0 Å². The van der Waals surface area contributed by atoms with E-state index in [0.717, 1.165) is 31.6 Å². The highest BCUT2D eigenvalue weighted by Crippen LogP contribution is 2.05. The van der Waals surface area contributed by atoms with Crippen molar-refractivity contribution in [1.29, 1.82) is 0 Å². The summed E-state index contributed by atoms with van der Waals surface area (Å²) in [5, 5.41) is 2.75. The minimum Gasteiger partial charge on any atom is -0.445 e. The average Bonchev–Trinajstić information content (AvgIpc) is 2.83. The highest BCUT2D eigenvalue weighted by atomic mass is 16.5. The maximum Gasteiger partial charge on any atom is 0.407 e. The molecule has 0 saturated carbocycles. The summed E-state index contributed by atoms with van der Waals surface area (Å²) in [5.41, 5.74) is 6.80. The number of rotatable bonds is 5. The topological polar surface area (TPSA) is 67.6 Å². The lowest BCUT2D eigenvalue weighted by molar-refractivity contribution is 0.138. The molecule has 0 spiro atoms. The molecule has 1 aliphatic heterocycles. The lowest BCUT2D eigenvalue weighted by Crippen LogP contribution is -2.35. The van der Waals surface area contributed by atoms with Crippen LogP contribution in [-0.2, 0) is 11.3 Å². The first-order valence-electron chi connectivity index (χ1n) is 6.66. The average molecular weight is 263 g/mol. The number of ether oxygens (including phenoxy) is 1. The largest absolute Gasteiger partial charge is 0.445 e. The Bertz CT molecular complexity index is 397. The molecule has 3 N–H and O–H groups in total. The molecule has 19 heavy (non-hydrogen) atoms.